The molecule has 2 unspecified atom stereocenters. The van der Waals surface area contributed by atoms with Crippen molar-refractivity contribution in [2.75, 3.05) is 6.54 Å². The van der Waals surface area contributed by atoms with Gasteiger partial charge in [-0.3, -0.25) is 0 Å². The van der Waals surface area contributed by atoms with Gasteiger partial charge in [-0.1, -0.05) is 44.7 Å². The molecule has 0 saturated heterocycles. The quantitative estimate of drug-likeness (QED) is 0.679. The molecule has 0 aliphatic carbocycles. The fraction of sp³-hybridized carbons (Fsp3) is 0.692. The summed E-state index contributed by atoms with van der Waals surface area (Å²) in [6.07, 6.45) is 3.56. The van der Waals surface area contributed by atoms with Gasteiger partial charge in [0, 0.05) is 6.54 Å². The van der Waals surface area contributed by atoms with Crippen LogP contribution < -0.4 is 4.72 Å². The maximum absolute atomic E-state index is 12.0. The Morgan fingerprint density at radius 3 is 2.65 bits per heavy atom. The van der Waals surface area contributed by atoms with Gasteiger partial charge in [0.25, 0.3) is 0 Å². The Morgan fingerprint density at radius 1 is 1.40 bits per heavy atom. The molecule has 0 saturated carbocycles. The smallest absolute Gasteiger partial charge is 0.250 e. The molecule has 7 heteroatoms. The van der Waals surface area contributed by atoms with Gasteiger partial charge in [-0.15, -0.1) is 11.3 Å². The van der Waals surface area contributed by atoms with Gasteiger partial charge in [0.15, 0.2) is 0 Å². The Hall–Kier alpha value is -0.140. The molecule has 2 N–H and O–H groups in total. The molecule has 0 fully saturated rings. The Bertz CT molecular complexity index is 501. The monoisotopic (exact) mass is 339 g/mol. The van der Waals surface area contributed by atoms with Crippen molar-refractivity contribution in [3.8, 4) is 0 Å². The zero-order valence-electron chi connectivity index (χ0n) is 11.8. The molecule has 0 aliphatic heterocycles. The fourth-order valence-corrected chi connectivity index (χ4v) is 4.40. The van der Waals surface area contributed by atoms with Crippen molar-refractivity contribution < 1.29 is 13.5 Å². The van der Waals surface area contributed by atoms with Crippen LogP contribution >= 0.6 is 22.9 Å². The van der Waals surface area contributed by atoms with Gasteiger partial charge in [-0.25, -0.2) is 13.1 Å². The Kier molecular flexibility index (Phi) is 7.47. The molecule has 4 nitrogen and oxygen atoms in total. The van der Waals surface area contributed by atoms with E-state index in [2.05, 4.69) is 11.6 Å². The van der Waals surface area contributed by atoms with Crippen molar-refractivity contribution in [3.63, 3.8) is 0 Å². The number of thiophene rings is 1. The van der Waals surface area contributed by atoms with Crippen LogP contribution in [0.5, 0.6) is 0 Å². The SMILES string of the molecule is CCCCCC(C)C(O)CNS(=O)(=O)c1ccc(Cl)s1. The third kappa shape index (κ3) is 5.69. The molecule has 1 heterocycles. The van der Waals surface area contributed by atoms with Gasteiger partial charge in [0.2, 0.25) is 10.0 Å². The van der Waals surface area contributed by atoms with Crippen LogP contribution in [0.3, 0.4) is 0 Å². The minimum absolute atomic E-state index is 0.0329. The van der Waals surface area contributed by atoms with Gasteiger partial charge >= 0.3 is 0 Å². The highest BCUT2D eigenvalue weighted by molar-refractivity contribution is 7.91. The van der Waals surface area contributed by atoms with Crippen LogP contribution in [0.4, 0.5) is 0 Å². The highest BCUT2D eigenvalue weighted by Gasteiger charge is 2.20. The minimum atomic E-state index is -3.57. The molecule has 2 atom stereocenters. The number of hydrogen-bond donors (Lipinski definition) is 2. The highest BCUT2D eigenvalue weighted by atomic mass is 35.5. The Morgan fingerprint density at radius 2 is 2.10 bits per heavy atom. The summed E-state index contributed by atoms with van der Waals surface area (Å²) in [5.41, 5.74) is 0. The van der Waals surface area contributed by atoms with E-state index in [0.29, 0.717) is 4.34 Å². The minimum Gasteiger partial charge on any atom is -0.391 e. The number of rotatable bonds is 9. The molecule has 116 valence electrons. The molecular formula is C13H22ClNO3S2. The number of sulfonamides is 1. The van der Waals surface area contributed by atoms with Crippen LogP contribution in [-0.2, 0) is 10.0 Å². The summed E-state index contributed by atoms with van der Waals surface area (Å²) in [4.78, 5) is 0. The predicted octanol–water partition coefficient (Wildman–Crippen LogP) is 3.26. The second-order valence-corrected chi connectivity index (χ2v) is 8.66. The van der Waals surface area contributed by atoms with Gasteiger partial charge in [-0.05, 0) is 24.5 Å². The van der Waals surface area contributed by atoms with Crippen molar-refractivity contribution in [1.29, 1.82) is 0 Å². The Balaban J connectivity index is 2.45. The molecule has 0 aliphatic rings. The second kappa shape index (κ2) is 8.34. The van der Waals surface area contributed by atoms with Crippen molar-refractivity contribution >= 4 is 33.0 Å². The molecule has 0 bridgehead atoms. The average molecular weight is 340 g/mol. The van der Waals surface area contributed by atoms with Crippen LogP contribution in [0.25, 0.3) is 0 Å². The lowest BCUT2D eigenvalue weighted by Gasteiger charge is -2.19. The van der Waals surface area contributed by atoms with E-state index in [-0.39, 0.29) is 16.7 Å². The molecule has 1 rings (SSSR count). The number of aliphatic hydroxyl groups excluding tert-OH is 1. The summed E-state index contributed by atoms with van der Waals surface area (Å²) in [6, 6.07) is 3.01. The first-order valence-electron chi connectivity index (χ1n) is 6.80. The van der Waals surface area contributed by atoms with Crippen molar-refractivity contribution in [2.24, 2.45) is 5.92 Å². The zero-order chi connectivity index (χ0) is 15.2. The van der Waals surface area contributed by atoms with Crippen LogP contribution in [0.1, 0.15) is 39.5 Å². The number of halogens is 1. The summed E-state index contributed by atoms with van der Waals surface area (Å²) in [5.74, 6) is 0.0798. The summed E-state index contributed by atoms with van der Waals surface area (Å²) < 4.78 is 27.0. The second-order valence-electron chi connectivity index (χ2n) is 4.95. The average Bonchev–Trinajstić information content (AvgIpc) is 2.83. The van der Waals surface area contributed by atoms with E-state index in [0.717, 1.165) is 37.0 Å². The van der Waals surface area contributed by atoms with Crippen molar-refractivity contribution in [1.82, 2.24) is 4.72 Å². The standard InChI is InChI=1S/C13H22ClNO3S2/c1-3-4-5-6-10(2)11(16)9-15-20(17,18)13-8-7-12(14)19-13/h7-8,10-11,15-16H,3-6,9H2,1-2H3. The first-order chi connectivity index (χ1) is 9.36. The van der Waals surface area contributed by atoms with Crippen molar-refractivity contribution in [3.05, 3.63) is 16.5 Å². The van der Waals surface area contributed by atoms with E-state index in [1.54, 1.807) is 6.07 Å². The molecule has 1 aromatic rings. The first kappa shape index (κ1) is 17.9. The van der Waals surface area contributed by atoms with Crippen molar-refractivity contribution in [2.45, 2.75) is 49.8 Å². The molecule has 0 spiro atoms. The molecule has 20 heavy (non-hydrogen) atoms. The molecule has 0 aromatic carbocycles. The lowest BCUT2D eigenvalue weighted by atomic mass is 9.98. The summed E-state index contributed by atoms with van der Waals surface area (Å²) in [5, 5.41) is 9.98. The van der Waals surface area contributed by atoms with E-state index in [9.17, 15) is 13.5 Å². The lowest BCUT2D eigenvalue weighted by molar-refractivity contribution is 0.114. The van der Waals surface area contributed by atoms with Crippen LogP contribution in [0, 0.1) is 5.92 Å². The maximum atomic E-state index is 12.0. The van der Waals surface area contributed by atoms with Crippen LogP contribution in [0.15, 0.2) is 16.3 Å². The number of aliphatic hydroxyl groups is 1. The van der Waals surface area contributed by atoms with E-state index >= 15 is 0 Å². The summed E-state index contributed by atoms with van der Waals surface area (Å²) in [7, 11) is -3.57. The zero-order valence-corrected chi connectivity index (χ0v) is 14.2. The predicted molar refractivity (Wildman–Crippen MR) is 83.8 cm³/mol. The van der Waals surface area contributed by atoms with Crippen LogP contribution in [-0.4, -0.2) is 26.2 Å². The molecule has 0 amide bonds. The number of nitrogens with one attached hydrogen (secondary N) is 1. The maximum Gasteiger partial charge on any atom is 0.250 e. The Labute approximate surface area is 130 Å². The van der Waals surface area contributed by atoms with E-state index in [4.69, 9.17) is 11.6 Å². The van der Waals surface area contributed by atoms with Gasteiger partial charge in [-0.2, -0.15) is 0 Å². The normalized spacial score (nSPS) is 15.2. The molecule has 0 radical (unpaired) electrons. The van der Waals surface area contributed by atoms with Gasteiger partial charge in [0.05, 0.1) is 10.4 Å². The largest absolute Gasteiger partial charge is 0.391 e. The van der Waals surface area contributed by atoms with Crippen LogP contribution in [0.2, 0.25) is 4.34 Å². The first-order valence-corrected chi connectivity index (χ1v) is 9.47. The fourth-order valence-electron chi connectivity index (χ4n) is 1.82. The lowest BCUT2D eigenvalue weighted by Crippen LogP contribution is -2.35. The van der Waals surface area contributed by atoms with Gasteiger partial charge in [0.1, 0.15) is 4.21 Å². The topological polar surface area (TPSA) is 66.4 Å². The number of hydrogen-bond acceptors (Lipinski definition) is 4. The highest BCUT2D eigenvalue weighted by Crippen LogP contribution is 2.25. The summed E-state index contributed by atoms with van der Waals surface area (Å²) >= 11 is 6.73. The third-order valence-corrected chi connectivity index (χ3v) is 6.36. The van der Waals surface area contributed by atoms with E-state index < -0.39 is 16.1 Å². The van der Waals surface area contributed by atoms with E-state index in [1.165, 1.54) is 6.07 Å². The molecular weight excluding hydrogens is 318 g/mol. The van der Waals surface area contributed by atoms with E-state index in [1.807, 2.05) is 6.92 Å². The summed E-state index contributed by atoms with van der Waals surface area (Å²) in [6.45, 7) is 4.10. The van der Waals surface area contributed by atoms with Gasteiger partial charge < -0.3 is 5.11 Å². The number of unbranched alkanes of at least 4 members (excludes halogenated alkanes) is 2. The third-order valence-electron chi connectivity index (χ3n) is 3.22. The molecule has 1 aromatic heterocycles.